The third-order valence-electron chi connectivity index (χ3n) is 3.49. The van der Waals surface area contributed by atoms with Gasteiger partial charge < -0.3 is 10.7 Å². The minimum absolute atomic E-state index is 0.617. The number of allylic oxidation sites excluding steroid dienone is 1. The number of nitrogens with zero attached hydrogens (tertiary/aromatic N) is 1. The van der Waals surface area contributed by atoms with Gasteiger partial charge in [0.2, 0.25) is 0 Å². The number of benzene rings is 1. The van der Waals surface area contributed by atoms with Gasteiger partial charge in [0.15, 0.2) is 0 Å². The Kier molecular flexibility index (Phi) is 3.48. The second kappa shape index (κ2) is 5.42. The average molecular weight is 244 g/mol. The fourth-order valence-corrected chi connectivity index (χ4v) is 2.55. The Labute approximate surface area is 108 Å². The fourth-order valence-electron chi connectivity index (χ4n) is 2.55. The second-order valence-electron chi connectivity index (χ2n) is 5.00. The molecule has 0 bridgehead atoms. The predicted molar refractivity (Wildman–Crippen MR) is 72.2 cm³/mol. The van der Waals surface area contributed by atoms with Gasteiger partial charge in [-0.2, -0.15) is 0 Å². The fraction of sp³-hybridized carbons (Fsp3) is 0.429. The average Bonchev–Trinajstić information content (AvgIpc) is 3.03. The van der Waals surface area contributed by atoms with Gasteiger partial charge in [0, 0.05) is 24.4 Å². The molecular weight excluding hydrogens is 224 g/mol. The van der Waals surface area contributed by atoms with Crippen molar-refractivity contribution in [2.24, 2.45) is 0 Å². The molecular formula is C14H20N4. The van der Waals surface area contributed by atoms with Crippen LogP contribution >= 0.6 is 0 Å². The minimum Gasteiger partial charge on any atom is -0.312 e. The van der Waals surface area contributed by atoms with E-state index in [1.165, 1.54) is 24.1 Å². The summed E-state index contributed by atoms with van der Waals surface area (Å²) < 4.78 is 0. The Balaban J connectivity index is 1.54. The third kappa shape index (κ3) is 2.83. The van der Waals surface area contributed by atoms with E-state index >= 15 is 0 Å². The summed E-state index contributed by atoms with van der Waals surface area (Å²) in [4.78, 5) is 0. The molecule has 3 N–H and O–H groups in total. The van der Waals surface area contributed by atoms with Gasteiger partial charge in [0.05, 0.1) is 6.54 Å². The van der Waals surface area contributed by atoms with E-state index in [2.05, 4.69) is 57.8 Å². The predicted octanol–water partition coefficient (Wildman–Crippen LogP) is 1.15. The molecule has 1 fully saturated rings. The highest BCUT2D eigenvalue weighted by molar-refractivity contribution is 5.21. The lowest BCUT2D eigenvalue weighted by molar-refractivity contribution is 0.247. The van der Waals surface area contributed by atoms with E-state index in [-0.39, 0.29) is 0 Å². The van der Waals surface area contributed by atoms with Crippen molar-refractivity contribution in [3.8, 4) is 0 Å². The Bertz CT molecular complexity index is 409. The van der Waals surface area contributed by atoms with Gasteiger partial charge in [-0.1, -0.05) is 30.3 Å². The van der Waals surface area contributed by atoms with E-state index in [4.69, 9.17) is 0 Å². The first-order valence-electron chi connectivity index (χ1n) is 6.66. The van der Waals surface area contributed by atoms with Crippen LogP contribution in [0.3, 0.4) is 0 Å². The highest BCUT2D eigenvalue weighted by Crippen LogP contribution is 2.11. The summed E-state index contributed by atoms with van der Waals surface area (Å²) in [5.74, 6) is 0. The van der Waals surface area contributed by atoms with Gasteiger partial charge in [-0.25, -0.2) is 0 Å². The smallest absolute Gasteiger partial charge is 0.0509 e. The third-order valence-corrected chi connectivity index (χ3v) is 3.49. The summed E-state index contributed by atoms with van der Waals surface area (Å²) in [6.45, 7) is 2.18. The summed E-state index contributed by atoms with van der Waals surface area (Å²) in [6.07, 6.45) is 5.70. The molecule has 3 rings (SSSR count). The van der Waals surface area contributed by atoms with Gasteiger partial charge in [-0.3, -0.25) is 5.01 Å². The first kappa shape index (κ1) is 11.6. The van der Waals surface area contributed by atoms with Crippen LogP contribution in [0, 0.1) is 0 Å². The molecule has 2 aliphatic rings. The number of nitrogens with one attached hydrogen (secondary N) is 3. The minimum atomic E-state index is 0.617. The van der Waals surface area contributed by atoms with Crippen LogP contribution in [0.2, 0.25) is 0 Å². The Hall–Kier alpha value is -1.52. The molecule has 1 atom stereocenters. The first-order chi connectivity index (χ1) is 8.90. The van der Waals surface area contributed by atoms with Crippen LogP contribution in [0.4, 0.5) is 0 Å². The van der Waals surface area contributed by atoms with Crippen molar-refractivity contribution in [3.05, 3.63) is 47.8 Å². The monoisotopic (exact) mass is 244 g/mol. The van der Waals surface area contributed by atoms with Gasteiger partial charge >= 0.3 is 0 Å². The lowest BCUT2D eigenvalue weighted by Crippen LogP contribution is -2.43. The first-order valence-corrected chi connectivity index (χ1v) is 6.66. The molecule has 18 heavy (non-hydrogen) atoms. The summed E-state index contributed by atoms with van der Waals surface area (Å²) >= 11 is 0. The second-order valence-corrected chi connectivity index (χ2v) is 5.00. The molecule has 1 aromatic carbocycles. The largest absolute Gasteiger partial charge is 0.312 e. The van der Waals surface area contributed by atoms with E-state index < -0.39 is 0 Å². The molecule has 96 valence electrons. The molecule has 0 radical (unpaired) electrons. The van der Waals surface area contributed by atoms with E-state index in [0.29, 0.717) is 6.04 Å². The molecule has 0 spiro atoms. The molecule has 0 amide bonds. The Morgan fingerprint density at radius 1 is 1.22 bits per heavy atom. The van der Waals surface area contributed by atoms with Gasteiger partial charge in [0.1, 0.15) is 0 Å². The maximum atomic E-state index is 3.51. The van der Waals surface area contributed by atoms with Crippen molar-refractivity contribution in [3.63, 3.8) is 0 Å². The molecule has 0 aliphatic carbocycles. The maximum Gasteiger partial charge on any atom is 0.0509 e. The number of rotatable bonds is 4. The maximum absolute atomic E-state index is 3.51. The van der Waals surface area contributed by atoms with Crippen molar-refractivity contribution in [2.45, 2.75) is 25.3 Å². The zero-order valence-corrected chi connectivity index (χ0v) is 10.5. The molecule has 0 saturated carbocycles. The zero-order valence-electron chi connectivity index (χ0n) is 10.5. The highest BCUT2D eigenvalue weighted by atomic mass is 15.7. The van der Waals surface area contributed by atoms with Crippen LogP contribution in [0.5, 0.6) is 0 Å². The summed E-state index contributed by atoms with van der Waals surface area (Å²) in [5.41, 5.74) is 9.00. The van der Waals surface area contributed by atoms with E-state index in [9.17, 15) is 0 Å². The van der Waals surface area contributed by atoms with Gasteiger partial charge in [-0.15, -0.1) is 5.53 Å². The van der Waals surface area contributed by atoms with Crippen LogP contribution in [0.15, 0.2) is 42.2 Å². The topological polar surface area (TPSA) is 39.3 Å². The summed E-state index contributed by atoms with van der Waals surface area (Å²) in [5, 5.41) is 5.65. The molecule has 1 unspecified atom stereocenters. The lowest BCUT2D eigenvalue weighted by atomic mass is 10.1. The van der Waals surface area contributed by atoms with E-state index in [0.717, 1.165) is 19.5 Å². The quantitative estimate of drug-likeness (QED) is 0.743. The SMILES string of the molecule is C1=C(Cc2ccccc2)NNN1CC1CCCN1. The summed E-state index contributed by atoms with van der Waals surface area (Å²) in [7, 11) is 0. The van der Waals surface area contributed by atoms with Crippen LogP contribution in [-0.2, 0) is 6.42 Å². The van der Waals surface area contributed by atoms with Gasteiger partial charge in [0.25, 0.3) is 0 Å². The summed E-state index contributed by atoms with van der Waals surface area (Å²) in [6, 6.07) is 11.1. The number of hydrogen-bond acceptors (Lipinski definition) is 4. The van der Waals surface area contributed by atoms with Crippen molar-refractivity contribution in [1.29, 1.82) is 0 Å². The molecule has 2 aliphatic heterocycles. The standard InChI is InChI=1S/C14H20N4/c1-2-5-12(6-3-1)9-14-11-18(17-16-14)10-13-7-4-8-15-13/h1-3,5-6,11,13,15-17H,4,7-10H2. The number of hydrogen-bond donors (Lipinski definition) is 3. The van der Waals surface area contributed by atoms with Crippen molar-refractivity contribution < 1.29 is 0 Å². The van der Waals surface area contributed by atoms with Crippen molar-refractivity contribution >= 4 is 0 Å². The molecule has 4 heteroatoms. The normalized spacial score (nSPS) is 23.0. The zero-order chi connectivity index (χ0) is 12.2. The van der Waals surface area contributed by atoms with E-state index in [1.807, 2.05) is 0 Å². The van der Waals surface area contributed by atoms with Crippen molar-refractivity contribution in [1.82, 2.24) is 21.3 Å². The van der Waals surface area contributed by atoms with Crippen LogP contribution in [0.1, 0.15) is 18.4 Å². The molecule has 2 heterocycles. The van der Waals surface area contributed by atoms with Crippen LogP contribution < -0.4 is 16.3 Å². The van der Waals surface area contributed by atoms with E-state index in [1.54, 1.807) is 0 Å². The molecule has 4 nitrogen and oxygen atoms in total. The lowest BCUT2D eigenvalue weighted by Gasteiger charge is -2.19. The van der Waals surface area contributed by atoms with Crippen LogP contribution in [-0.4, -0.2) is 24.1 Å². The number of hydrazine groups is 2. The van der Waals surface area contributed by atoms with Gasteiger partial charge in [-0.05, 0) is 24.9 Å². The molecule has 1 aromatic rings. The highest BCUT2D eigenvalue weighted by Gasteiger charge is 2.19. The Morgan fingerprint density at radius 3 is 2.89 bits per heavy atom. The van der Waals surface area contributed by atoms with Crippen LogP contribution in [0.25, 0.3) is 0 Å². The molecule has 1 saturated heterocycles. The van der Waals surface area contributed by atoms with Crippen molar-refractivity contribution in [2.75, 3.05) is 13.1 Å². The molecule has 0 aromatic heterocycles. The Morgan fingerprint density at radius 2 is 2.11 bits per heavy atom.